The lowest BCUT2D eigenvalue weighted by Crippen LogP contribution is -2.27. The van der Waals surface area contributed by atoms with Gasteiger partial charge < -0.3 is 4.57 Å². The number of halogens is 1. The topological polar surface area (TPSA) is 25.2 Å². The van der Waals surface area contributed by atoms with E-state index in [9.17, 15) is 4.79 Å². The fourth-order valence-electron chi connectivity index (χ4n) is 3.17. The van der Waals surface area contributed by atoms with E-state index in [0.29, 0.717) is 9.23 Å². The molecule has 1 amide bonds. The van der Waals surface area contributed by atoms with Crippen molar-refractivity contribution in [3.63, 3.8) is 0 Å². The predicted octanol–water partition coefficient (Wildman–Crippen LogP) is 5.66. The molecule has 0 atom stereocenters. The summed E-state index contributed by atoms with van der Waals surface area (Å²) in [5.74, 6) is -0.0783. The number of aromatic nitrogens is 1. The van der Waals surface area contributed by atoms with Crippen LogP contribution in [0.15, 0.2) is 57.9 Å². The monoisotopic (exact) mass is 442 g/mol. The van der Waals surface area contributed by atoms with Crippen LogP contribution in [0.5, 0.6) is 0 Å². The van der Waals surface area contributed by atoms with Crippen LogP contribution >= 0.6 is 39.9 Å². The molecule has 1 fully saturated rings. The normalized spacial score (nSPS) is 16.3. The third-order valence-corrected chi connectivity index (χ3v) is 6.38. The van der Waals surface area contributed by atoms with Crippen molar-refractivity contribution in [2.75, 3.05) is 4.90 Å². The number of carbonyl (C=O) groups excluding carboxylic acids is 1. The van der Waals surface area contributed by atoms with Gasteiger partial charge >= 0.3 is 0 Å². The Morgan fingerprint density at radius 3 is 2.69 bits per heavy atom. The fourth-order valence-corrected chi connectivity index (χ4v) is 4.84. The number of amides is 1. The molecule has 0 spiro atoms. The Labute approximate surface area is 169 Å². The molecule has 6 heteroatoms. The zero-order chi connectivity index (χ0) is 18.4. The van der Waals surface area contributed by atoms with Crippen molar-refractivity contribution in [1.29, 1.82) is 0 Å². The van der Waals surface area contributed by atoms with Crippen LogP contribution in [0.4, 0.5) is 5.69 Å². The quantitative estimate of drug-likeness (QED) is 0.378. The third kappa shape index (κ3) is 2.82. The summed E-state index contributed by atoms with van der Waals surface area (Å²) >= 11 is 10.3. The number of nitrogens with zero attached hydrogens (tertiary/aromatic N) is 2. The highest BCUT2D eigenvalue weighted by Crippen LogP contribution is 2.38. The Morgan fingerprint density at radius 2 is 1.92 bits per heavy atom. The van der Waals surface area contributed by atoms with Gasteiger partial charge in [-0.05, 0) is 37.3 Å². The lowest BCUT2D eigenvalue weighted by molar-refractivity contribution is -0.113. The number of benzene rings is 2. The van der Waals surface area contributed by atoms with E-state index >= 15 is 0 Å². The lowest BCUT2D eigenvalue weighted by atomic mass is 10.1. The summed E-state index contributed by atoms with van der Waals surface area (Å²) < 4.78 is 3.62. The van der Waals surface area contributed by atoms with Crippen molar-refractivity contribution in [3.8, 4) is 0 Å². The highest BCUT2D eigenvalue weighted by Gasteiger charge is 2.33. The summed E-state index contributed by atoms with van der Waals surface area (Å²) in [6.07, 6.45) is 1.97. The van der Waals surface area contributed by atoms with Gasteiger partial charge in [0.1, 0.15) is 0 Å². The van der Waals surface area contributed by atoms with Crippen LogP contribution in [-0.2, 0) is 11.8 Å². The second-order valence-electron chi connectivity index (χ2n) is 6.07. The summed E-state index contributed by atoms with van der Waals surface area (Å²) in [6, 6.07) is 15.8. The molecule has 0 unspecified atom stereocenters. The molecule has 0 radical (unpaired) electrons. The summed E-state index contributed by atoms with van der Waals surface area (Å²) in [5, 5.41) is 1.14. The van der Waals surface area contributed by atoms with E-state index in [0.717, 1.165) is 32.3 Å². The smallest absolute Gasteiger partial charge is 0.270 e. The van der Waals surface area contributed by atoms with Gasteiger partial charge in [0.2, 0.25) is 0 Å². The molecule has 26 heavy (non-hydrogen) atoms. The molecule has 2 heterocycles. The zero-order valence-corrected chi connectivity index (χ0v) is 17.4. The van der Waals surface area contributed by atoms with Crippen LogP contribution in [0, 0.1) is 6.92 Å². The fraction of sp³-hybridized carbons (Fsp3) is 0.100. The maximum atomic E-state index is 13.0. The molecule has 3 aromatic rings. The number of fused-ring (bicyclic) bond motifs is 1. The number of para-hydroxylation sites is 1. The van der Waals surface area contributed by atoms with E-state index in [2.05, 4.69) is 39.6 Å². The van der Waals surface area contributed by atoms with Crippen LogP contribution in [0.2, 0.25) is 0 Å². The molecule has 1 saturated heterocycles. The second kappa shape index (κ2) is 6.68. The van der Waals surface area contributed by atoms with Gasteiger partial charge in [-0.15, -0.1) is 0 Å². The predicted molar refractivity (Wildman–Crippen MR) is 117 cm³/mol. The minimum absolute atomic E-state index is 0.0783. The number of rotatable bonds is 2. The Hall–Kier alpha value is -1.89. The van der Waals surface area contributed by atoms with Gasteiger partial charge in [0.25, 0.3) is 5.91 Å². The average molecular weight is 443 g/mol. The minimum Gasteiger partial charge on any atom is -0.347 e. The molecule has 2 aromatic carbocycles. The molecular weight excluding hydrogens is 428 g/mol. The van der Waals surface area contributed by atoms with E-state index in [-0.39, 0.29) is 5.91 Å². The van der Waals surface area contributed by atoms with Gasteiger partial charge in [0.05, 0.1) is 10.6 Å². The molecule has 4 rings (SSSR count). The van der Waals surface area contributed by atoms with Crippen molar-refractivity contribution in [2.24, 2.45) is 7.05 Å². The van der Waals surface area contributed by atoms with Crippen LogP contribution in [-0.4, -0.2) is 14.8 Å². The Morgan fingerprint density at radius 1 is 1.15 bits per heavy atom. The van der Waals surface area contributed by atoms with E-state index in [1.54, 1.807) is 4.90 Å². The Kier molecular flexibility index (Phi) is 4.50. The molecule has 1 aliphatic rings. The number of thioether (sulfide) groups is 1. The molecule has 0 N–H and O–H groups in total. The van der Waals surface area contributed by atoms with Gasteiger partial charge in [-0.25, -0.2) is 0 Å². The number of hydrogen-bond acceptors (Lipinski definition) is 3. The third-order valence-electron chi connectivity index (χ3n) is 4.58. The molecule has 1 aromatic heterocycles. The summed E-state index contributed by atoms with van der Waals surface area (Å²) in [4.78, 5) is 15.3. The maximum Gasteiger partial charge on any atom is 0.270 e. The van der Waals surface area contributed by atoms with E-state index in [1.807, 2.05) is 49.5 Å². The first-order chi connectivity index (χ1) is 12.5. The summed E-state index contributed by atoms with van der Waals surface area (Å²) in [6.45, 7) is 2.07. The molecule has 1 aliphatic heterocycles. The number of aryl methyl sites for hydroxylation is 1. The highest BCUT2D eigenvalue weighted by molar-refractivity contribution is 9.10. The zero-order valence-electron chi connectivity index (χ0n) is 14.2. The Bertz CT molecular complexity index is 1100. The number of anilines is 1. The van der Waals surface area contributed by atoms with Gasteiger partial charge in [-0.3, -0.25) is 9.69 Å². The van der Waals surface area contributed by atoms with E-state index in [1.165, 1.54) is 11.8 Å². The summed E-state index contributed by atoms with van der Waals surface area (Å²) in [7, 11) is 2.04. The van der Waals surface area contributed by atoms with Crippen molar-refractivity contribution in [2.45, 2.75) is 6.92 Å². The molecular formula is C20H15BrN2OS2. The first-order valence-electron chi connectivity index (χ1n) is 8.05. The molecule has 130 valence electrons. The minimum atomic E-state index is -0.0783. The summed E-state index contributed by atoms with van der Waals surface area (Å²) in [5.41, 5.74) is 4.12. The number of thiocarbonyl (C=S) groups is 1. The van der Waals surface area contributed by atoms with Crippen molar-refractivity contribution in [3.05, 3.63) is 69.2 Å². The van der Waals surface area contributed by atoms with Crippen molar-refractivity contribution in [1.82, 2.24) is 4.57 Å². The van der Waals surface area contributed by atoms with Crippen LogP contribution in [0.25, 0.3) is 17.0 Å². The number of hydrogen-bond donors (Lipinski definition) is 0. The van der Waals surface area contributed by atoms with Gasteiger partial charge in [0, 0.05) is 33.7 Å². The van der Waals surface area contributed by atoms with E-state index in [4.69, 9.17) is 12.2 Å². The molecule has 0 saturated carbocycles. The van der Waals surface area contributed by atoms with Crippen molar-refractivity contribution < 1.29 is 4.79 Å². The SMILES string of the molecule is Cc1c(/C=C2\SC(=S)N(c3cccc(Br)c3)C2=O)c2ccccc2n1C. The molecule has 3 nitrogen and oxygen atoms in total. The van der Waals surface area contributed by atoms with Crippen LogP contribution in [0.1, 0.15) is 11.3 Å². The second-order valence-corrected chi connectivity index (χ2v) is 8.66. The number of carbonyl (C=O) groups is 1. The van der Waals surface area contributed by atoms with Crippen LogP contribution in [0.3, 0.4) is 0 Å². The van der Waals surface area contributed by atoms with Gasteiger partial charge in [-0.1, -0.05) is 64.2 Å². The Balaban J connectivity index is 1.80. The van der Waals surface area contributed by atoms with Gasteiger partial charge in [0.15, 0.2) is 4.32 Å². The first kappa shape index (κ1) is 17.5. The maximum absolute atomic E-state index is 13.0. The van der Waals surface area contributed by atoms with Gasteiger partial charge in [-0.2, -0.15) is 0 Å². The average Bonchev–Trinajstić information content (AvgIpc) is 3.04. The molecule has 0 bridgehead atoms. The van der Waals surface area contributed by atoms with Crippen LogP contribution < -0.4 is 4.90 Å². The molecule has 0 aliphatic carbocycles. The first-order valence-corrected chi connectivity index (χ1v) is 10.1. The largest absolute Gasteiger partial charge is 0.347 e. The highest BCUT2D eigenvalue weighted by atomic mass is 79.9. The lowest BCUT2D eigenvalue weighted by Gasteiger charge is -2.14. The van der Waals surface area contributed by atoms with Crippen molar-refractivity contribution >= 4 is 72.8 Å². The van der Waals surface area contributed by atoms with E-state index < -0.39 is 0 Å². The standard InChI is InChI=1S/C20H15BrN2OS2/c1-12-16(15-8-3-4-9-17(15)22(12)2)11-18-19(24)23(20(25)26-18)14-7-5-6-13(21)10-14/h3-11H,1-2H3/b18-11-.